The van der Waals surface area contributed by atoms with Gasteiger partial charge >= 0.3 is 0 Å². The molecule has 0 saturated heterocycles. The maximum atomic E-state index is 4.68. The number of thiophene rings is 1. The van der Waals surface area contributed by atoms with Crippen LogP contribution in [-0.2, 0) is 19.5 Å². The Morgan fingerprint density at radius 2 is 2.20 bits per heavy atom. The van der Waals surface area contributed by atoms with Gasteiger partial charge in [0.2, 0.25) is 0 Å². The monoisotopic (exact) mass is 309 g/mol. The number of thiazole rings is 1. The van der Waals surface area contributed by atoms with E-state index in [2.05, 4.69) is 59.0 Å². The Morgan fingerprint density at radius 1 is 1.35 bits per heavy atom. The van der Waals surface area contributed by atoms with Crippen LogP contribution in [0.5, 0.6) is 0 Å². The zero-order valence-electron chi connectivity index (χ0n) is 12.4. The van der Waals surface area contributed by atoms with Crippen LogP contribution in [0.2, 0.25) is 0 Å². The van der Waals surface area contributed by atoms with Crippen LogP contribution in [0, 0.1) is 0 Å². The number of rotatable bonds is 8. The molecule has 0 atom stereocenters. The highest BCUT2D eigenvalue weighted by molar-refractivity contribution is 7.10. The molecule has 2 aromatic heterocycles. The van der Waals surface area contributed by atoms with E-state index < -0.39 is 0 Å². The van der Waals surface area contributed by atoms with Crippen molar-refractivity contribution in [2.75, 3.05) is 13.6 Å². The smallest absolute Gasteiger partial charge is 0.107 e. The summed E-state index contributed by atoms with van der Waals surface area (Å²) in [5.74, 6) is 0. The van der Waals surface area contributed by atoms with Gasteiger partial charge in [-0.2, -0.15) is 0 Å². The average molecular weight is 310 g/mol. The van der Waals surface area contributed by atoms with Gasteiger partial charge in [0.05, 0.1) is 5.69 Å². The summed E-state index contributed by atoms with van der Waals surface area (Å²) < 4.78 is 0. The van der Waals surface area contributed by atoms with Crippen molar-refractivity contribution >= 4 is 22.7 Å². The topological polar surface area (TPSA) is 28.2 Å². The number of hydrogen-bond donors (Lipinski definition) is 1. The van der Waals surface area contributed by atoms with Gasteiger partial charge in [-0.15, -0.1) is 22.7 Å². The Bertz CT molecular complexity index is 491. The van der Waals surface area contributed by atoms with Crippen LogP contribution in [0.15, 0.2) is 22.9 Å². The molecule has 20 heavy (non-hydrogen) atoms. The first-order chi connectivity index (χ1) is 9.63. The second kappa shape index (κ2) is 7.88. The quantitative estimate of drug-likeness (QED) is 0.810. The van der Waals surface area contributed by atoms with Crippen LogP contribution in [0.3, 0.4) is 0 Å². The molecule has 0 radical (unpaired) electrons. The molecule has 3 nitrogen and oxygen atoms in total. The van der Waals surface area contributed by atoms with Gasteiger partial charge in [-0.3, -0.25) is 0 Å². The van der Waals surface area contributed by atoms with Crippen molar-refractivity contribution in [2.45, 2.75) is 39.4 Å². The van der Waals surface area contributed by atoms with E-state index in [1.54, 1.807) is 11.3 Å². The summed E-state index contributed by atoms with van der Waals surface area (Å²) in [7, 11) is 2.17. The molecule has 0 spiro atoms. The van der Waals surface area contributed by atoms with Gasteiger partial charge in [0.1, 0.15) is 5.01 Å². The molecule has 0 aliphatic rings. The first kappa shape index (κ1) is 15.6. The number of nitrogens with one attached hydrogen (secondary N) is 1. The Labute approximate surface area is 129 Å². The second-order valence-electron chi connectivity index (χ2n) is 5.34. The molecule has 0 aromatic carbocycles. The van der Waals surface area contributed by atoms with E-state index in [9.17, 15) is 0 Å². The molecular formula is C15H23N3S2. The summed E-state index contributed by atoms with van der Waals surface area (Å²) >= 11 is 3.59. The third-order valence-electron chi connectivity index (χ3n) is 3.01. The molecule has 1 N–H and O–H groups in total. The summed E-state index contributed by atoms with van der Waals surface area (Å²) in [6, 6.07) is 4.83. The summed E-state index contributed by atoms with van der Waals surface area (Å²) in [4.78, 5) is 8.48. The maximum Gasteiger partial charge on any atom is 0.107 e. The van der Waals surface area contributed by atoms with E-state index in [4.69, 9.17) is 0 Å². The van der Waals surface area contributed by atoms with Gasteiger partial charge in [0.25, 0.3) is 0 Å². The van der Waals surface area contributed by atoms with Crippen molar-refractivity contribution in [3.8, 4) is 0 Å². The van der Waals surface area contributed by atoms with Crippen molar-refractivity contribution in [3.05, 3.63) is 38.5 Å². The predicted octanol–water partition coefficient (Wildman–Crippen LogP) is 3.38. The van der Waals surface area contributed by atoms with Crippen LogP contribution >= 0.6 is 22.7 Å². The Morgan fingerprint density at radius 3 is 2.90 bits per heavy atom. The highest BCUT2D eigenvalue weighted by atomic mass is 32.1. The fourth-order valence-corrected chi connectivity index (χ4v) is 3.34. The van der Waals surface area contributed by atoms with E-state index in [1.807, 2.05) is 11.3 Å². The minimum Gasteiger partial charge on any atom is -0.308 e. The molecule has 0 unspecified atom stereocenters. The fourth-order valence-electron chi connectivity index (χ4n) is 1.91. The predicted molar refractivity (Wildman–Crippen MR) is 88.4 cm³/mol. The Kier molecular flexibility index (Phi) is 6.16. The molecule has 2 rings (SSSR count). The second-order valence-corrected chi connectivity index (χ2v) is 7.31. The molecule has 0 aliphatic heterocycles. The van der Waals surface area contributed by atoms with Crippen LogP contribution < -0.4 is 5.32 Å². The summed E-state index contributed by atoms with van der Waals surface area (Å²) in [6.07, 6.45) is 1.13. The van der Waals surface area contributed by atoms with E-state index in [-0.39, 0.29) is 0 Å². The number of hydrogen-bond acceptors (Lipinski definition) is 5. The van der Waals surface area contributed by atoms with Crippen molar-refractivity contribution in [1.29, 1.82) is 0 Å². The van der Waals surface area contributed by atoms with Crippen LogP contribution in [0.1, 0.15) is 29.4 Å². The highest BCUT2D eigenvalue weighted by Gasteiger charge is 2.06. The minimum atomic E-state index is 0.510. The van der Waals surface area contributed by atoms with Gasteiger partial charge < -0.3 is 10.2 Å². The lowest BCUT2D eigenvalue weighted by molar-refractivity contribution is 0.328. The largest absolute Gasteiger partial charge is 0.308 e. The van der Waals surface area contributed by atoms with E-state index in [0.717, 1.165) is 26.1 Å². The summed E-state index contributed by atoms with van der Waals surface area (Å²) in [5, 5.41) is 8.91. The maximum absolute atomic E-state index is 4.68. The van der Waals surface area contributed by atoms with Gasteiger partial charge in [-0.25, -0.2) is 4.98 Å². The lowest BCUT2D eigenvalue weighted by Crippen LogP contribution is -2.22. The number of likely N-dealkylation sites (N-methyl/N-ethyl adjacent to an activating group) is 1. The highest BCUT2D eigenvalue weighted by Crippen LogP contribution is 2.13. The first-order valence-corrected chi connectivity index (χ1v) is 8.77. The zero-order chi connectivity index (χ0) is 14.4. The van der Waals surface area contributed by atoms with Crippen molar-refractivity contribution in [2.24, 2.45) is 0 Å². The van der Waals surface area contributed by atoms with Crippen molar-refractivity contribution < 1.29 is 0 Å². The third-order valence-corrected chi connectivity index (χ3v) is 4.85. The van der Waals surface area contributed by atoms with Gasteiger partial charge in [-0.05, 0) is 24.9 Å². The average Bonchev–Trinajstić information content (AvgIpc) is 3.05. The number of nitrogens with zero attached hydrogens (tertiary/aromatic N) is 2. The lowest BCUT2D eigenvalue weighted by atomic mass is 10.3. The van der Waals surface area contributed by atoms with Crippen molar-refractivity contribution in [1.82, 2.24) is 15.2 Å². The minimum absolute atomic E-state index is 0.510. The molecule has 0 amide bonds. The van der Waals surface area contributed by atoms with Crippen LogP contribution in [0.25, 0.3) is 0 Å². The molecular weight excluding hydrogens is 286 g/mol. The molecule has 5 heteroatoms. The molecule has 0 fully saturated rings. The Hall–Kier alpha value is -0.750. The van der Waals surface area contributed by atoms with Gasteiger partial charge in [0, 0.05) is 35.9 Å². The lowest BCUT2D eigenvalue weighted by Gasteiger charge is -2.14. The molecule has 0 saturated carbocycles. The Balaban J connectivity index is 1.74. The fraction of sp³-hybridized carbons (Fsp3) is 0.533. The zero-order valence-corrected chi connectivity index (χ0v) is 14.1. The van der Waals surface area contributed by atoms with Crippen LogP contribution in [0.4, 0.5) is 0 Å². The van der Waals surface area contributed by atoms with Crippen LogP contribution in [-0.4, -0.2) is 29.5 Å². The molecule has 0 aliphatic carbocycles. The van der Waals surface area contributed by atoms with E-state index in [1.165, 1.54) is 15.6 Å². The normalized spacial score (nSPS) is 11.7. The van der Waals surface area contributed by atoms with Gasteiger partial charge in [0.15, 0.2) is 0 Å². The molecule has 2 heterocycles. The van der Waals surface area contributed by atoms with E-state index >= 15 is 0 Å². The standard InChI is InChI=1S/C15H23N3S2/c1-12(2)16-9-15-17-13(11-20-15)10-18(3)7-6-14-5-4-8-19-14/h4-5,8,11-12,16H,6-7,9-10H2,1-3H3. The summed E-state index contributed by atoms with van der Waals surface area (Å²) in [6.45, 7) is 7.21. The van der Waals surface area contributed by atoms with Crippen molar-refractivity contribution in [3.63, 3.8) is 0 Å². The third kappa shape index (κ3) is 5.32. The summed E-state index contributed by atoms with van der Waals surface area (Å²) in [5.41, 5.74) is 1.18. The number of aromatic nitrogens is 1. The molecule has 0 bridgehead atoms. The SMILES string of the molecule is CC(C)NCc1nc(CN(C)CCc2cccs2)cs1. The van der Waals surface area contributed by atoms with Gasteiger partial charge in [-0.1, -0.05) is 19.9 Å². The molecule has 110 valence electrons. The first-order valence-electron chi connectivity index (χ1n) is 7.01. The molecule has 2 aromatic rings. The van der Waals surface area contributed by atoms with E-state index in [0.29, 0.717) is 6.04 Å².